The first-order valence-corrected chi connectivity index (χ1v) is 12.9. The fourth-order valence-electron chi connectivity index (χ4n) is 3.61. The highest BCUT2D eigenvalue weighted by molar-refractivity contribution is 7.99. The fourth-order valence-corrected chi connectivity index (χ4v) is 4.29. The highest BCUT2D eigenvalue weighted by Crippen LogP contribution is 2.40. The van der Waals surface area contributed by atoms with Crippen molar-refractivity contribution in [3.8, 4) is 11.5 Å². The molecule has 1 N–H and O–H groups in total. The van der Waals surface area contributed by atoms with Crippen molar-refractivity contribution < 1.29 is 19.0 Å². The summed E-state index contributed by atoms with van der Waals surface area (Å²) in [6.45, 7) is 11.3. The van der Waals surface area contributed by atoms with Gasteiger partial charge in [-0.05, 0) is 49.8 Å². The summed E-state index contributed by atoms with van der Waals surface area (Å²) in [5.74, 6) is 3.00. The van der Waals surface area contributed by atoms with Gasteiger partial charge in [0.15, 0.2) is 11.5 Å². The molecule has 0 spiro atoms. The number of aromatic nitrogens is 3. The molecule has 186 valence electrons. The Bertz CT molecular complexity index is 1020. The van der Waals surface area contributed by atoms with Crippen molar-refractivity contribution in [3.05, 3.63) is 35.0 Å². The number of nitrogens with one attached hydrogen (secondary N) is 1. The summed E-state index contributed by atoms with van der Waals surface area (Å²) >= 11 is 1.59. The number of nitrogens with zero attached hydrogens (tertiary/aromatic N) is 3. The molecule has 0 aliphatic carbocycles. The molecule has 1 unspecified atom stereocenters. The van der Waals surface area contributed by atoms with E-state index in [1.165, 1.54) is 0 Å². The smallest absolute Gasteiger partial charge is 0.338 e. The van der Waals surface area contributed by atoms with Crippen LogP contribution in [0.25, 0.3) is 0 Å². The molecular formula is C25H36N4O4S. The maximum absolute atomic E-state index is 13.1. The molecule has 8 nitrogen and oxygen atoms in total. The molecule has 9 heteroatoms. The van der Waals surface area contributed by atoms with Gasteiger partial charge < -0.3 is 19.5 Å². The minimum atomic E-state index is -0.498. The van der Waals surface area contributed by atoms with E-state index in [9.17, 15) is 4.79 Å². The summed E-state index contributed by atoms with van der Waals surface area (Å²) in [6, 6.07) is 5.26. The minimum Gasteiger partial charge on any atom is -0.493 e. The number of allylic oxidation sites excluding steroid dienone is 1. The Morgan fingerprint density at radius 1 is 1.21 bits per heavy atom. The lowest BCUT2D eigenvalue weighted by atomic mass is 9.95. The average molecular weight is 489 g/mol. The highest BCUT2D eigenvalue weighted by atomic mass is 32.2. The Labute approximate surface area is 206 Å². The lowest BCUT2D eigenvalue weighted by Gasteiger charge is -2.28. The number of thioether (sulfide) groups is 1. The quantitative estimate of drug-likeness (QED) is 0.311. The molecule has 0 fully saturated rings. The van der Waals surface area contributed by atoms with Crippen LogP contribution < -0.4 is 14.8 Å². The first kappa shape index (κ1) is 25.9. The zero-order valence-corrected chi connectivity index (χ0v) is 21.8. The second-order valence-corrected chi connectivity index (χ2v) is 9.72. The molecule has 1 atom stereocenters. The molecule has 1 aromatic carbocycles. The normalized spacial score (nSPS) is 15.2. The summed E-state index contributed by atoms with van der Waals surface area (Å²) in [6.07, 6.45) is 2.72. The monoisotopic (exact) mass is 488 g/mol. The van der Waals surface area contributed by atoms with Gasteiger partial charge in [0.1, 0.15) is 6.04 Å². The third-order valence-electron chi connectivity index (χ3n) is 5.38. The van der Waals surface area contributed by atoms with Gasteiger partial charge in [0.25, 0.3) is 0 Å². The second kappa shape index (κ2) is 12.1. The molecule has 0 bridgehead atoms. The van der Waals surface area contributed by atoms with Crippen molar-refractivity contribution in [3.63, 3.8) is 0 Å². The average Bonchev–Trinajstić information content (AvgIpc) is 3.22. The summed E-state index contributed by atoms with van der Waals surface area (Å²) in [4.78, 5) is 17.8. The molecule has 0 amide bonds. The largest absolute Gasteiger partial charge is 0.493 e. The molecule has 0 radical (unpaired) electrons. The third kappa shape index (κ3) is 6.05. The number of anilines is 1. The third-order valence-corrected chi connectivity index (χ3v) is 6.43. The van der Waals surface area contributed by atoms with E-state index >= 15 is 0 Å². The Hall–Kier alpha value is -2.68. The molecule has 2 heterocycles. The molecule has 0 saturated heterocycles. The van der Waals surface area contributed by atoms with Crippen molar-refractivity contribution in [1.82, 2.24) is 14.8 Å². The van der Waals surface area contributed by atoms with Gasteiger partial charge in [-0.15, -0.1) is 5.10 Å². The van der Waals surface area contributed by atoms with Gasteiger partial charge in [-0.1, -0.05) is 45.5 Å². The van der Waals surface area contributed by atoms with Crippen molar-refractivity contribution in [2.24, 2.45) is 5.92 Å². The van der Waals surface area contributed by atoms with Gasteiger partial charge in [-0.3, -0.25) is 0 Å². The zero-order chi connectivity index (χ0) is 24.7. The van der Waals surface area contributed by atoms with E-state index in [-0.39, 0.29) is 5.97 Å². The lowest BCUT2D eigenvalue weighted by Crippen LogP contribution is -2.29. The second-order valence-electron chi connectivity index (χ2n) is 8.65. The van der Waals surface area contributed by atoms with Crippen LogP contribution in [0.15, 0.2) is 34.6 Å². The number of carbonyl (C=O) groups is 1. The van der Waals surface area contributed by atoms with Gasteiger partial charge >= 0.3 is 5.97 Å². The molecule has 1 aliphatic rings. The van der Waals surface area contributed by atoms with Crippen LogP contribution in [0.2, 0.25) is 0 Å². The van der Waals surface area contributed by atoms with Crippen LogP contribution in [0, 0.1) is 5.92 Å². The van der Waals surface area contributed by atoms with Crippen LogP contribution in [0.1, 0.15) is 65.5 Å². The van der Waals surface area contributed by atoms with Gasteiger partial charge in [-0.25, -0.2) is 9.48 Å². The number of carbonyl (C=O) groups excluding carboxylic acids is 1. The van der Waals surface area contributed by atoms with Crippen molar-refractivity contribution >= 4 is 23.7 Å². The van der Waals surface area contributed by atoms with E-state index in [1.54, 1.807) is 23.6 Å². The van der Waals surface area contributed by atoms with Gasteiger partial charge in [-0.2, -0.15) is 4.98 Å². The first-order valence-electron chi connectivity index (χ1n) is 11.9. The summed E-state index contributed by atoms with van der Waals surface area (Å²) < 4.78 is 18.9. The molecule has 1 aliphatic heterocycles. The predicted octanol–water partition coefficient (Wildman–Crippen LogP) is 5.46. The molecule has 2 aromatic rings. The van der Waals surface area contributed by atoms with Crippen LogP contribution in [-0.4, -0.2) is 46.8 Å². The number of esters is 1. The number of hydrogen-bond acceptors (Lipinski definition) is 8. The molecule has 34 heavy (non-hydrogen) atoms. The number of fused-ring (bicyclic) bond motifs is 1. The van der Waals surface area contributed by atoms with E-state index in [1.807, 2.05) is 32.0 Å². The maximum atomic E-state index is 13.1. The van der Waals surface area contributed by atoms with Gasteiger partial charge in [0.05, 0.1) is 25.9 Å². The van der Waals surface area contributed by atoms with E-state index < -0.39 is 6.04 Å². The standard InChI is InChI=1S/C25H36N4O4S/c1-7-12-33-23(30)21-17(5)26-24-27-25(34-14-8-2)28-29(24)22(21)18-9-10-19(20(15-18)31-6)32-13-11-16(3)4/h9-10,15-16,22H,7-8,11-14H2,1-6H3,(H,26,27,28). The van der Waals surface area contributed by atoms with Gasteiger partial charge in [0, 0.05) is 11.4 Å². The number of rotatable bonds is 12. The molecule has 0 saturated carbocycles. The number of hydrogen-bond donors (Lipinski definition) is 1. The highest BCUT2D eigenvalue weighted by Gasteiger charge is 2.35. The summed E-state index contributed by atoms with van der Waals surface area (Å²) in [5, 5.41) is 8.65. The van der Waals surface area contributed by atoms with Crippen LogP contribution in [0.5, 0.6) is 11.5 Å². The van der Waals surface area contributed by atoms with Gasteiger partial charge in [0.2, 0.25) is 11.1 Å². The van der Waals surface area contributed by atoms with Crippen molar-refractivity contribution in [1.29, 1.82) is 0 Å². The zero-order valence-electron chi connectivity index (χ0n) is 21.0. The Morgan fingerprint density at radius 2 is 2.00 bits per heavy atom. The Morgan fingerprint density at radius 3 is 2.68 bits per heavy atom. The lowest BCUT2D eigenvalue weighted by molar-refractivity contribution is -0.139. The Balaban J connectivity index is 2.02. The van der Waals surface area contributed by atoms with Crippen LogP contribution in [0.3, 0.4) is 0 Å². The number of ether oxygens (including phenoxy) is 3. The van der Waals surface area contributed by atoms with Crippen LogP contribution >= 0.6 is 11.8 Å². The van der Waals surface area contributed by atoms with E-state index in [4.69, 9.17) is 19.3 Å². The molecular weight excluding hydrogens is 452 g/mol. The van der Waals surface area contributed by atoms with Crippen molar-refractivity contribution in [2.45, 2.75) is 65.1 Å². The first-order chi connectivity index (χ1) is 16.4. The fraction of sp³-hybridized carbons (Fsp3) is 0.560. The predicted molar refractivity (Wildman–Crippen MR) is 135 cm³/mol. The Kier molecular flexibility index (Phi) is 9.27. The summed E-state index contributed by atoms with van der Waals surface area (Å²) in [7, 11) is 1.62. The molecule has 1 aromatic heterocycles. The van der Waals surface area contributed by atoms with E-state index in [0.29, 0.717) is 53.0 Å². The number of methoxy groups -OCH3 is 1. The summed E-state index contributed by atoms with van der Waals surface area (Å²) in [5.41, 5.74) is 2.05. The SMILES string of the molecule is CCCOC(=O)C1=C(C)Nc2nc(SCCC)nn2C1c1ccc(OCCC(C)C)c(OC)c1. The minimum absolute atomic E-state index is 0.357. The topological polar surface area (TPSA) is 87.5 Å². The van der Waals surface area contributed by atoms with Crippen molar-refractivity contribution in [2.75, 3.05) is 31.4 Å². The van der Waals surface area contributed by atoms with E-state index in [2.05, 4.69) is 31.1 Å². The number of benzene rings is 1. The van der Waals surface area contributed by atoms with E-state index in [0.717, 1.165) is 30.6 Å². The van der Waals surface area contributed by atoms with Crippen LogP contribution in [0.4, 0.5) is 5.95 Å². The van der Waals surface area contributed by atoms with Crippen LogP contribution in [-0.2, 0) is 9.53 Å². The molecule has 3 rings (SSSR count). The maximum Gasteiger partial charge on any atom is 0.338 e.